The zero-order chi connectivity index (χ0) is 23.3. The molecule has 9 heteroatoms. The fraction of sp³-hybridized carbons (Fsp3) is 0.217. The van der Waals surface area contributed by atoms with Crippen LogP contribution in [0.2, 0.25) is 5.02 Å². The van der Waals surface area contributed by atoms with E-state index in [0.717, 1.165) is 11.3 Å². The Bertz CT molecular complexity index is 1140. The molecule has 166 valence electrons. The number of esters is 1. The largest absolute Gasteiger partial charge is 0.486 e. The number of thiazole rings is 1. The molecule has 0 radical (unpaired) electrons. The van der Waals surface area contributed by atoms with Gasteiger partial charge in [-0.1, -0.05) is 23.7 Å². The number of rotatable bonds is 8. The van der Waals surface area contributed by atoms with Crippen LogP contribution < -0.4 is 10.1 Å². The van der Waals surface area contributed by atoms with E-state index >= 15 is 0 Å². The van der Waals surface area contributed by atoms with Crippen molar-refractivity contribution in [2.24, 2.45) is 0 Å². The Balaban J connectivity index is 1.58. The Hall–Kier alpha value is -3.23. The summed E-state index contributed by atoms with van der Waals surface area (Å²) >= 11 is 7.00. The standard InChI is InChI=1S/C23H21ClN2O5S/c1-13-21(32-20(25-13)12-30-19-9-7-17(24)8-10-19)23(29)31-15(3)22(28)26-18-6-4-5-16(11-18)14(2)27/h4-11,15H,12H2,1-3H3,(H,26,28)/t15-/m0/s1. The van der Waals surface area contributed by atoms with E-state index in [4.69, 9.17) is 21.1 Å². The van der Waals surface area contributed by atoms with E-state index in [1.54, 1.807) is 55.5 Å². The molecule has 0 bridgehead atoms. The zero-order valence-corrected chi connectivity index (χ0v) is 19.3. The van der Waals surface area contributed by atoms with E-state index in [-0.39, 0.29) is 12.4 Å². The quantitative estimate of drug-likeness (QED) is 0.363. The van der Waals surface area contributed by atoms with Crippen molar-refractivity contribution in [2.45, 2.75) is 33.5 Å². The van der Waals surface area contributed by atoms with Crippen molar-refractivity contribution >= 4 is 46.3 Å². The number of ether oxygens (including phenoxy) is 2. The molecule has 7 nitrogen and oxygen atoms in total. The zero-order valence-electron chi connectivity index (χ0n) is 17.7. The van der Waals surface area contributed by atoms with Gasteiger partial charge in [0.15, 0.2) is 11.9 Å². The highest BCUT2D eigenvalue weighted by Gasteiger charge is 2.23. The van der Waals surface area contributed by atoms with Crippen LogP contribution in [0.1, 0.15) is 44.6 Å². The average molecular weight is 473 g/mol. The summed E-state index contributed by atoms with van der Waals surface area (Å²) in [6.07, 6.45) is -1.04. The van der Waals surface area contributed by atoms with E-state index in [0.29, 0.717) is 37.6 Å². The third-order valence-electron chi connectivity index (χ3n) is 4.39. The van der Waals surface area contributed by atoms with Crippen LogP contribution in [0.3, 0.4) is 0 Å². The minimum absolute atomic E-state index is 0.114. The van der Waals surface area contributed by atoms with E-state index in [9.17, 15) is 14.4 Å². The van der Waals surface area contributed by atoms with Gasteiger partial charge in [-0.15, -0.1) is 11.3 Å². The number of benzene rings is 2. The molecular weight excluding hydrogens is 452 g/mol. The minimum atomic E-state index is -1.04. The van der Waals surface area contributed by atoms with Gasteiger partial charge < -0.3 is 14.8 Å². The second-order valence-corrected chi connectivity index (χ2v) is 8.46. The molecule has 0 aliphatic carbocycles. The fourth-order valence-corrected chi connectivity index (χ4v) is 3.69. The molecule has 1 amide bonds. The first kappa shape index (κ1) is 23.4. The van der Waals surface area contributed by atoms with Gasteiger partial charge in [-0.25, -0.2) is 9.78 Å². The molecule has 32 heavy (non-hydrogen) atoms. The third kappa shape index (κ3) is 6.15. The Morgan fingerprint density at radius 1 is 1.16 bits per heavy atom. The molecule has 2 aromatic carbocycles. The van der Waals surface area contributed by atoms with E-state index in [1.165, 1.54) is 13.8 Å². The molecule has 0 saturated carbocycles. The van der Waals surface area contributed by atoms with Gasteiger partial charge in [0.25, 0.3) is 5.91 Å². The van der Waals surface area contributed by atoms with Gasteiger partial charge in [0.2, 0.25) is 0 Å². The van der Waals surface area contributed by atoms with Gasteiger partial charge in [0.1, 0.15) is 22.2 Å². The van der Waals surface area contributed by atoms with Crippen LogP contribution in [-0.4, -0.2) is 28.7 Å². The molecule has 1 N–H and O–H groups in total. The van der Waals surface area contributed by atoms with E-state index in [2.05, 4.69) is 10.3 Å². The predicted octanol–water partition coefficient (Wildman–Crippen LogP) is 5.07. The third-order valence-corrected chi connectivity index (χ3v) is 5.75. The van der Waals surface area contributed by atoms with E-state index in [1.807, 2.05) is 0 Å². The maximum atomic E-state index is 12.6. The number of amides is 1. The topological polar surface area (TPSA) is 94.6 Å². The first-order chi connectivity index (χ1) is 15.2. The molecule has 1 heterocycles. The van der Waals surface area contributed by atoms with Crippen molar-refractivity contribution < 1.29 is 23.9 Å². The number of carbonyl (C=O) groups is 3. The number of aryl methyl sites for hydroxylation is 1. The number of aromatic nitrogens is 1. The SMILES string of the molecule is CC(=O)c1cccc(NC(=O)[C@H](C)OC(=O)c2sc(COc3ccc(Cl)cc3)nc2C)c1. The molecule has 3 aromatic rings. The van der Waals surface area contributed by atoms with Crippen LogP contribution in [0.15, 0.2) is 48.5 Å². The van der Waals surface area contributed by atoms with Crippen molar-refractivity contribution in [3.8, 4) is 5.75 Å². The maximum Gasteiger partial charge on any atom is 0.351 e. The number of hydrogen-bond donors (Lipinski definition) is 1. The molecule has 0 saturated heterocycles. The number of halogens is 1. The van der Waals surface area contributed by atoms with Gasteiger partial charge in [-0.3, -0.25) is 9.59 Å². The summed E-state index contributed by atoms with van der Waals surface area (Å²) in [4.78, 5) is 41.1. The predicted molar refractivity (Wildman–Crippen MR) is 123 cm³/mol. The lowest BCUT2D eigenvalue weighted by molar-refractivity contribution is -0.123. The normalized spacial score (nSPS) is 11.5. The summed E-state index contributed by atoms with van der Waals surface area (Å²) in [5.41, 5.74) is 1.42. The number of nitrogens with one attached hydrogen (secondary N) is 1. The summed E-state index contributed by atoms with van der Waals surface area (Å²) in [6.45, 7) is 4.79. The summed E-state index contributed by atoms with van der Waals surface area (Å²) in [5.74, 6) is -0.631. The van der Waals surface area contributed by atoms with Crippen LogP contribution in [0.4, 0.5) is 5.69 Å². The van der Waals surface area contributed by atoms with Gasteiger partial charge >= 0.3 is 5.97 Å². The van der Waals surface area contributed by atoms with Crippen LogP contribution >= 0.6 is 22.9 Å². The lowest BCUT2D eigenvalue weighted by Crippen LogP contribution is -2.30. The Labute approximate surface area is 194 Å². The first-order valence-electron chi connectivity index (χ1n) is 9.70. The molecular formula is C23H21ClN2O5S. The molecule has 1 aromatic heterocycles. The Morgan fingerprint density at radius 2 is 1.88 bits per heavy atom. The van der Waals surface area contributed by atoms with Gasteiger partial charge in [-0.2, -0.15) is 0 Å². The molecule has 0 fully saturated rings. The summed E-state index contributed by atoms with van der Waals surface area (Å²) in [6, 6.07) is 13.5. The van der Waals surface area contributed by atoms with Crippen molar-refractivity contribution in [1.82, 2.24) is 4.98 Å². The average Bonchev–Trinajstić information content (AvgIpc) is 3.14. The molecule has 1 atom stereocenters. The molecule has 3 rings (SSSR count). The van der Waals surface area contributed by atoms with Crippen molar-refractivity contribution in [3.63, 3.8) is 0 Å². The van der Waals surface area contributed by atoms with Crippen LogP contribution in [0.25, 0.3) is 0 Å². The molecule has 0 spiro atoms. The highest BCUT2D eigenvalue weighted by Crippen LogP contribution is 2.23. The summed E-state index contributed by atoms with van der Waals surface area (Å²) in [5, 5.41) is 3.85. The van der Waals surface area contributed by atoms with Crippen molar-refractivity contribution in [2.75, 3.05) is 5.32 Å². The maximum absolute atomic E-state index is 12.6. The van der Waals surface area contributed by atoms with Crippen molar-refractivity contribution in [1.29, 1.82) is 0 Å². The lowest BCUT2D eigenvalue weighted by Gasteiger charge is -2.13. The van der Waals surface area contributed by atoms with Gasteiger partial charge in [0, 0.05) is 16.3 Å². The van der Waals surface area contributed by atoms with Crippen molar-refractivity contribution in [3.05, 3.63) is 74.7 Å². The Morgan fingerprint density at radius 3 is 2.56 bits per heavy atom. The fourth-order valence-electron chi connectivity index (χ4n) is 2.71. The number of hydrogen-bond acceptors (Lipinski definition) is 7. The highest BCUT2D eigenvalue weighted by molar-refractivity contribution is 7.13. The second-order valence-electron chi connectivity index (χ2n) is 6.94. The number of ketones is 1. The molecule has 0 unspecified atom stereocenters. The molecule has 0 aliphatic rings. The Kier molecular flexibility index (Phi) is 7.61. The number of Topliss-reactive ketones (excluding diaryl/α,β-unsaturated/α-hetero) is 1. The number of carbonyl (C=O) groups excluding carboxylic acids is 3. The highest BCUT2D eigenvalue weighted by atomic mass is 35.5. The number of nitrogens with zero attached hydrogens (tertiary/aromatic N) is 1. The number of anilines is 1. The van der Waals surface area contributed by atoms with Crippen LogP contribution in [-0.2, 0) is 16.1 Å². The summed E-state index contributed by atoms with van der Waals surface area (Å²) in [7, 11) is 0. The van der Waals surface area contributed by atoms with Gasteiger partial charge in [-0.05, 0) is 57.2 Å². The monoisotopic (exact) mass is 472 g/mol. The first-order valence-corrected chi connectivity index (χ1v) is 10.9. The second kappa shape index (κ2) is 10.4. The molecule has 0 aliphatic heterocycles. The minimum Gasteiger partial charge on any atom is -0.486 e. The van der Waals surface area contributed by atoms with E-state index < -0.39 is 18.0 Å². The van der Waals surface area contributed by atoms with Gasteiger partial charge in [0.05, 0.1) is 5.69 Å². The van der Waals surface area contributed by atoms with Crippen LogP contribution in [0.5, 0.6) is 5.75 Å². The van der Waals surface area contributed by atoms with Crippen LogP contribution in [0, 0.1) is 6.92 Å². The summed E-state index contributed by atoms with van der Waals surface area (Å²) < 4.78 is 11.0. The lowest BCUT2D eigenvalue weighted by atomic mass is 10.1. The smallest absolute Gasteiger partial charge is 0.351 e.